The minimum atomic E-state index is -0.940. The Morgan fingerprint density at radius 3 is 2.61 bits per heavy atom. The van der Waals surface area contributed by atoms with Gasteiger partial charge in [-0.15, -0.1) is 0 Å². The zero-order chi connectivity index (χ0) is 23.6. The van der Waals surface area contributed by atoms with E-state index >= 15 is 0 Å². The normalized spacial score (nSPS) is 10.2. The molecule has 2 N–H and O–H groups in total. The monoisotopic (exact) mass is 449 g/mol. The Balaban J connectivity index is 1.43. The second-order valence-electron chi connectivity index (χ2n) is 7.16. The molecule has 0 heterocycles. The lowest BCUT2D eigenvalue weighted by Gasteiger charge is -2.10. The number of nitriles is 1. The number of ether oxygens (including phenoxy) is 1. The molecule has 3 aromatic carbocycles. The topological polar surface area (TPSA) is 91.2 Å². The van der Waals surface area contributed by atoms with Gasteiger partial charge in [0.2, 0.25) is 5.91 Å². The van der Waals surface area contributed by atoms with Gasteiger partial charge in [0.05, 0.1) is 17.2 Å². The SMILES string of the molecule is N#Cc1cccc(COc2cccc(NC(=O)CCCNC(=O)c3ccc(F)cc3F)c2)c1. The van der Waals surface area contributed by atoms with E-state index in [1.54, 1.807) is 42.5 Å². The number of benzene rings is 3. The number of rotatable bonds is 9. The Hall–Kier alpha value is -4.25. The van der Waals surface area contributed by atoms with E-state index < -0.39 is 17.5 Å². The zero-order valence-corrected chi connectivity index (χ0v) is 17.6. The first-order chi connectivity index (χ1) is 15.9. The first-order valence-electron chi connectivity index (χ1n) is 10.2. The van der Waals surface area contributed by atoms with Gasteiger partial charge < -0.3 is 15.4 Å². The summed E-state index contributed by atoms with van der Waals surface area (Å²) in [5, 5.41) is 14.2. The maximum Gasteiger partial charge on any atom is 0.254 e. The number of carbonyl (C=O) groups excluding carboxylic acids is 2. The highest BCUT2D eigenvalue weighted by molar-refractivity contribution is 5.94. The van der Waals surface area contributed by atoms with Crippen LogP contribution in [0.15, 0.2) is 66.7 Å². The molecule has 3 rings (SSSR count). The fourth-order valence-electron chi connectivity index (χ4n) is 3.00. The molecule has 3 aromatic rings. The van der Waals surface area contributed by atoms with Gasteiger partial charge in [0.15, 0.2) is 0 Å². The van der Waals surface area contributed by atoms with Crippen molar-refractivity contribution >= 4 is 17.5 Å². The average Bonchev–Trinajstić information content (AvgIpc) is 2.81. The van der Waals surface area contributed by atoms with Gasteiger partial charge in [-0.25, -0.2) is 8.78 Å². The Morgan fingerprint density at radius 1 is 1.00 bits per heavy atom. The summed E-state index contributed by atoms with van der Waals surface area (Å²) in [7, 11) is 0. The standard InChI is InChI=1S/C25H21F2N3O3/c26-19-9-10-22(23(27)13-19)25(32)29-11-3-8-24(31)30-20-6-2-7-21(14-20)33-16-18-5-1-4-17(12-18)15-28/h1-2,4-7,9-10,12-14H,3,8,11,16H2,(H,29,32)(H,30,31). The predicted molar refractivity (Wildman–Crippen MR) is 118 cm³/mol. The lowest BCUT2D eigenvalue weighted by molar-refractivity contribution is -0.116. The van der Waals surface area contributed by atoms with Crippen LogP contribution >= 0.6 is 0 Å². The Bertz CT molecular complexity index is 1190. The van der Waals surface area contributed by atoms with Gasteiger partial charge >= 0.3 is 0 Å². The summed E-state index contributed by atoms with van der Waals surface area (Å²) in [5.41, 5.74) is 1.71. The number of carbonyl (C=O) groups is 2. The van der Waals surface area contributed by atoms with E-state index in [-0.39, 0.29) is 31.0 Å². The molecule has 8 heteroatoms. The molecule has 0 aliphatic heterocycles. The molecule has 0 aromatic heterocycles. The van der Waals surface area contributed by atoms with Crippen molar-refractivity contribution in [1.29, 1.82) is 5.26 Å². The molecule has 0 atom stereocenters. The van der Waals surface area contributed by atoms with Gasteiger partial charge in [0, 0.05) is 30.8 Å². The number of hydrogen-bond donors (Lipinski definition) is 2. The number of hydrogen-bond acceptors (Lipinski definition) is 4. The minimum absolute atomic E-state index is 0.137. The van der Waals surface area contributed by atoms with Crippen LogP contribution in [0.5, 0.6) is 5.75 Å². The van der Waals surface area contributed by atoms with Crippen LogP contribution < -0.4 is 15.4 Å². The van der Waals surface area contributed by atoms with E-state index in [0.717, 1.165) is 17.7 Å². The summed E-state index contributed by atoms with van der Waals surface area (Å²) >= 11 is 0. The van der Waals surface area contributed by atoms with E-state index in [9.17, 15) is 18.4 Å². The number of amides is 2. The number of nitrogens with zero attached hydrogens (tertiary/aromatic N) is 1. The third-order valence-corrected chi connectivity index (χ3v) is 4.62. The highest BCUT2D eigenvalue weighted by Crippen LogP contribution is 2.19. The van der Waals surface area contributed by atoms with Crippen molar-refractivity contribution in [2.24, 2.45) is 0 Å². The van der Waals surface area contributed by atoms with E-state index in [2.05, 4.69) is 16.7 Å². The van der Waals surface area contributed by atoms with Crippen molar-refractivity contribution < 1.29 is 23.1 Å². The highest BCUT2D eigenvalue weighted by Gasteiger charge is 2.12. The first kappa shape index (κ1) is 23.4. The summed E-state index contributed by atoms with van der Waals surface area (Å²) in [6.45, 7) is 0.440. The van der Waals surface area contributed by atoms with Gasteiger partial charge in [-0.2, -0.15) is 5.26 Å². The number of halogens is 2. The van der Waals surface area contributed by atoms with Crippen LogP contribution in [-0.2, 0) is 11.4 Å². The molecule has 0 radical (unpaired) electrons. The van der Waals surface area contributed by atoms with Crippen LogP contribution in [0.2, 0.25) is 0 Å². The quantitative estimate of drug-likeness (QED) is 0.469. The van der Waals surface area contributed by atoms with Gasteiger partial charge in [0.25, 0.3) is 5.91 Å². The molecule has 0 fully saturated rings. The largest absolute Gasteiger partial charge is 0.489 e. The summed E-state index contributed by atoms with van der Waals surface area (Å²) in [6.07, 6.45) is 0.476. The van der Waals surface area contributed by atoms with Gasteiger partial charge in [-0.1, -0.05) is 18.2 Å². The second-order valence-corrected chi connectivity index (χ2v) is 7.16. The summed E-state index contributed by atoms with van der Waals surface area (Å²) in [4.78, 5) is 24.1. The lowest BCUT2D eigenvalue weighted by Crippen LogP contribution is -2.26. The Labute approximate surface area is 189 Å². The summed E-state index contributed by atoms with van der Waals surface area (Å²) in [5.74, 6) is -2.06. The number of nitrogens with one attached hydrogen (secondary N) is 2. The van der Waals surface area contributed by atoms with E-state index in [4.69, 9.17) is 10.00 Å². The molecule has 0 saturated carbocycles. The van der Waals surface area contributed by atoms with Crippen molar-refractivity contribution in [1.82, 2.24) is 5.32 Å². The molecule has 0 aliphatic carbocycles. The van der Waals surface area contributed by atoms with Crippen molar-refractivity contribution in [2.45, 2.75) is 19.4 Å². The van der Waals surface area contributed by atoms with Crippen LogP contribution in [0.4, 0.5) is 14.5 Å². The predicted octanol–water partition coefficient (Wildman–Crippen LogP) is 4.56. The van der Waals surface area contributed by atoms with Crippen LogP contribution in [0.1, 0.15) is 34.3 Å². The molecular formula is C25H21F2N3O3. The molecule has 0 spiro atoms. The first-order valence-corrected chi connectivity index (χ1v) is 10.2. The van der Waals surface area contributed by atoms with Gasteiger partial charge in [0.1, 0.15) is 24.0 Å². The molecule has 0 aliphatic rings. The average molecular weight is 449 g/mol. The fourth-order valence-corrected chi connectivity index (χ4v) is 3.00. The third-order valence-electron chi connectivity index (χ3n) is 4.62. The van der Waals surface area contributed by atoms with Crippen LogP contribution in [-0.4, -0.2) is 18.4 Å². The van der Waals surface area contributed by atoms with Gasteiger partial charge in [-0.3, -0.25) is 9.59 Å². The maximum atomic E-state index is 13.6. The van der Waals surface area contributed by atoms with Crippen molar-refractivity contribution in [3.63, 3.8) is 0 Å². The van der Waals surface area contributed by atoms with Crippen LogP contribution in [0.3, 0.4) is 0 Å². The van der Waals surface area contributed by atoms with Crippen molar-refractivity contribution in [3.05, 3.63) is 95.1 Å². The van der Waals surface area contributed by atoms with Crippen LogP contribution in [0, 0.1) is 23.0 Å². The molecule has 33 heavy (non-hydrogen) atoms. The smallest absolute Gasteiger partial charge is 0.254 e. The molecule has 0 saturated heterocycles. The second kappa shape index (κ2) is 11.4. The maximum absolute atomic E-state index is 13.6. The highest BCUT2D eigenvalue weighted by atomic mass is 19.1. The minimum Gasteiger partial charge on any atom is -0.489 e. The molecular weight excluding hydrogens is 428 g/mol. The Kier molecular flexibility index (Phi) is 8.08. The molecule has 2 amide bonds. The third kappa shape index (κ3) is 7.14. The van der Waals surface area contributed by atoms with Crippen molar-refractivity contribution in [2.75, 3.05) is 11.9 Å². The van der Waals surface area contributed by atoms with Crippen molar-refractivity contribution in [3.8, 4) is 11.8 Å². The molecule has 0 bridgehead atoms. The number of anilines is 1. The van der Waals surface area contributed by atoms with E-state index in [0.29, 0.717) is 29.5 Å². The molecule has 168 valence electrons. The Morgan fingerprint density at radius 2 is 1.82 bits per heavy atom. The van der Waals surface area contributed by atoms with Gasteiger partial charge in [-0.05, 0) is 48.4 Å². The van der Waals surface area contributed by atoms with E-state index in [1.807, 2.05) is 6.07 Å². The fraction of sp³-hybridized carbons (Fsp3) is 0.160. The zero-order valence-electron chi connectivity index (χ0n) is 17.6. The summed E-state index contributed by atoms with van der Waals surface area (Å²) in [6, 6.07) is 18.8. The molecule has 0 unspecified atom stereocenters. The lowest BCUT2D eigenvalue weighted by atomic mass is 10.1. The van der Waals surface area contributed by atoms with E-state index in [1.165, 1.54) is 0 Å². The summed E-state index contributed by atoms with van der Waals surface area (Å²) < 4.78 is 32.3. The molecule has 6 nitrogen and oxygen atoms in total. The van der Waals surface area contributed by atoms with Crippen LogP contribution in [0.25, 0.3) is 0 Å².